The molecule has 0 unspecified atom stereocenters. The normalized spacial score (nSPS) is 10.7. The zero-order valence-electron chi connectivity index (χ0n) is 9.32. The summed E-state index contributed by atoms with van der Waals surface area (Å²) in [7, 11) is -5.74. The maximum atomic E-state index is 10.7. The van der Waals surface area contributed by atoms with Gasteiger partial charge in [0.2, 0.25) is 0 Å². The Balaban J connectivity index is 0.000000224. The Morgan fingerprint density at radius 3 is 1.47 bits per heavy atom. The van der Waals surface area contributed by atoms with Crippen molar-refractivity contribution in [1.29, 1.82) is 0 Å². The SMILES string of the molecule is O=S(=O)(F)N(F)F.c1ccc(-c2ccccn2)nc1. The summed E-state index contributed by atoms with van der Waals surface area (Å²) in [4.78, 5) is 8.37. The Morgan fingerprint density at radius 1 is 0.895 bits per heavy atom. The molecule has 0 amide bonds. The topological polar surface area (TPSA) is 63.2 Å². The molecule has 0 N–H and O–H groups in total. The lowest BCUT2D eigenvalue weighted by molar-refractivity contribution is -0.0591. The number of pyridine rings is 2. The van der Waals surface area contributed by atoms with Crippen LogP contribution in [0.2, 0.25) is 0 Å². The van der Waals surface area contributed by atoms with Gasteiger partial charge in [-0.05, 0) is 24.3 Å². The molecule has 0 saturated carbocycles. The van der Waals surface area contributed by atoms with Crippen molar-refractivity contribution < 1.29 is 21.3 Å². The monoisotopic (exact) mass is 291 g/mol. The summed E-state index contributed by atoms with van der Waals surface area (Å²) < 4.78 is 46.7. The number of hydrogen-bond acceptors (Lipinski definition) is 4. The zero-order chi connectivity index (χ0) is 14.3. The second-order valence-corrected chi connectivity index (χ2v) is 4.14. The first-order valence-corrected chi connectivity index (χ1v) is 6.14. The van der Waals surface area contributed by atoms with E-state index in [4.69, 9.17) is 8.42 Å². The zero-order valence-corrected chi connectivity index (χ0v) is 10.1. The first kappa shape index (κ1) is 15.1. The molecule has 0 aliphatic carbocycles. The highest BCUT2D eigenvalue weighted by atomic mass is 32.3. The maximum Gasteiger partial charge on any atom is 0.430 e. The van der Waals surface area contributed by atoms with Crippen LogP contribution in [0.3, 0.4) is 0 Å². The van der Waals surface area contributed by atoms with Gasteiger partial charge in [-0.25, -0.2) is 0 Å². The van der Waals surface area contributed by atoms with Crippen molar-refractivity contribution in [2.24, 2.45) is 0 Å². The van der Waals surface area contributed by atoms with E-state index < -0.39 is 15.2 Å². The molecule has 0 spiro atoms. The summed E-state index contributed by atoms with van der Waals surface area (Å²) in [6, 6.07) is 11.6. The number of halogens is 3. The predicted molar refractivity (Wildman–Crippen MR) is 61.6 cm³/mol. The lowest BCUT2D eigenvalue weighted by Crippen LogP contribution is -2.06. The summed E-state index contributed by atoms with van der Waals surface area (Å²) in [5.41, 5.74) is 1.83. The summed E-state index contributed by atoms with van der Waals surface area (Å²) >= 11 is 0. The van der Waals surface area contributed by atoms with E-state index in [1.165, 1.54) is 0 Å². The van der Waals surface area contributed by atoms with Crippen molar-refractivity contribution >= 4 is 10.4 Å². The standard InChI is InChI=1S/C10H8N2.F3NO2S/c1-3-7-11-9(5-1)10-6-2-4-8-12-10;1-4(2)7(3,5)6/h1-8H;. The van der Waals surface area contributed by atoms with E-state index in [2.05, 4.69) is 9.97 Å². The third kappa shape index (κ3) is 5.44. The summed E-state index contributed by atoms with van der Waals surface area (Å²) in [6.45, 7) is 0. The third-order valence-electron chi connectivity index (χ3n) is 1.76. The molecule has 5 nitrogen and oxygen atoms in total. The predicted octanol–water partition coefficient (Wildman–Crippen LogP) is 2.42. The van der Waals surface area contributed by atoms with Crippen LogP contribution in [-0.4, -0.2) is 23.1 Å². The van der Waals surface area contributed by atoms with Crippen LogP contribution in [0.1, 0.15) is 0 Å². The summed E-state index contributed by atoms with van der Waals surface area (Å²) in [5.74, 6) is 0. The molecule has 0 bridgehead atoms. The second kappa shape index (κ2) is 6.81. The molecule has 2 heterocycles. The number of nitrogens with zero attached hydrogens (tertiary/aromatic N) is 3. The molecule has 19 heavy (non-hydrogen) atoms. The number of aromatic nitrogens is 2. The molecule has 2 aromatic rings. The largest absolute Gasteiger partial charge is 0.430 e. The molecule has 0 aliphatic rings. The van der Waals surface area contributed by atoms with Gasteiger partial charge in [-0.15, -0.1) is 0 Å². The molecule has 0 aliphatic heterocycles. The smallest absolute Gasteiger partial charge is 0.255 e. The second-order valence-electron chi connectivity index (χ2n) is 3.04. The minimum absolute atomic E-state index is 0.915. The van der Waals surface area contributed by atoms with Gasteiger partial charge in [-0.3, -0.25) is 9.97 Å². The van der Waals surface area contributed by atoms with Gasteiger partial charge >= 0.3 is 10.4 Å². The molecular formula is C10H8F3N3O2S. The average molecular weight is 291 g/mol. The van der Waals surface area contributed by atoms with Crippen molar-refractivity contribution in [2.45, 2.75) is 0 Å². The Kier molecular flexibility index (Phi) is 5.39. The van der Waals surface area contributed by atoms with Crippen molar-refractivity contribution in [3.8, 4) is 11.4 Å². The van der Waals surface area contributed by atoms with E-state index in [0.29, 0.717) is 0 Å². The van der Waals surface area contributed by atoms with Gasteiger partial charge in [-0.2, -0.15) is 8.42 Å². The summed E-state index contributed by atoms with van der Waals surface area (Å²) in [5, 5.41) is 0. The van der Waals surface area contributed by atoms with E-state index in [1.54, 1.807) is 12.4 Å². The highest BCUT2D eigenvalue weighted by Crippen LogP contribution is 2.10. The van der Waals surface area contributed by atoms with Crippen LogP contribution in [0.5, 0.6) is 0 Å². The van der Waals surface area contributed by atoms with Gasteiger partial charge in [0.1, 0.15) is 0 Å². The molecule has 2 aromatic heterocycles. The Bertz CT molecular complexity index is 556. The third-order valence-corrected chi connectivity index (χ3v) is 2.09. The molecule has 0 fully saturated rings. The van der Waals surface area contributed by atoms with Crippen LogP contribution in [0.4, 0.5) is 12.8 Å². The van der Waals surface area contributed by atoms with Crippen LogP contribution < -0.4 is 0 Å². The molecule has 9 heteroatoms. The number of hydrogen-bond donors (Lipinski definition) is 0. The Hall–Kier alpha value is -2.00. The van der Waals surface area contributed by atoms with Gasteiger partial charge in [0.15, 0.2) is 4.75 Å². The van der Waals surface area contributed by atoms with Gasteiger partial charge in [0, 0.05) is 12.4 Å². The van der Waals surface area contributed by atoms with Crippen LogP contribution in [0.15, 0.2) is 48.8 Å². The molecule has 2 rings (SSSR count). The lowest BCUT2D eigenvalue weighted by atomic mass is 10.2. The van der Waals surface area contributed by atoms with E-state index in [-0.39, 0.29) is 0 Å². The molecule has 0 saturated heterocycles. The van der Waals surface area contributed by atoms with Gasteiger partial charge < -0.3 is 0 Å². The van der Waals surface area contributed by atoms with Gasteiger partial charge in [-0.1, -0.05) is 25.0 Å². The highest BCUT2D eigenvalue weighted by Gasteiger charge is 2.18. The van der Waals surface area contributed by atoms with E-state index in [1.807, 2.05) is 36.4 Å². The fraction of sp³-hybridized carbons (Fsp3) is 0. The van der Waals surface area contributed by atoms with Gasteiger partial charge in [0.25, 0.3) is 0 Å². The quantitative estimate of drug-likeness (QED) is 0.629. The Labute approximate surface area is 107 Å². The summed E-state index contributed by atoms with van der Waals surface area (Å²) in [6.07, 6.45) is 3.54. The molecular weight excluding hydrogens is 283 g/mol. The molecule has 0 atom stereocenters. The van der Waals surface area contributed by atoms with Crippen LogP contribution in [0, 0.1) is 0 Å². The first-order chi connectivity index (χ1) is 8.91. The first-order valence-electron chi connectivity index (χ1n) is 4.80. The van der Waals surface area contributed by atoms with E-state index >= 15 is 0 Å². The van der Waals surface area contributed by atoms with Crippen molar-refractivity contribution in [3.63, 3.8) is 0 Å². The average Bonchev–Trinajstić information content (AvgIpc) is 2.40. The van der Waals surface area contributed by atoms with E-state index in [9.17, 15) is 12.8 Å². The van der Waals surface area contributed by atoms with Crippen molar-refractivity contribution in [1.82, 2.24) is 14.7 Å². The molecule has 102 valence electrons. The maximum absolute atomic E-state index is 10.7. The fourth-order valence-corrected chi connectivity index (χ4v) is 1.03. The minimum Gasteiger partial charge on any atom is -0.255 e. The van der Waals surface area contributed by atoms with Gasteiger partial charge in [0.05, 0.1) is 11.4 Å². The van der Waals surface area contributed by atoms with Crippen molar-refractivity contribution in [2.75, 3.05) is 0 Å². The Morgan fingerprint density at radius 2 is 1.26 bits per heavy atom. The fourth-order valence-electron chi connectivity index (χ4n) is 1.03. The van der Waals surface area contributed by atoms with E-state index in [0.717, 1.165) is 11.4 Å². The van der Waals surface area contributed by atoms with Crippen LogP contribution in [-0.2, 0) is 10.4 Å². The molecule has 0 aromatic carbocycles. The van der Waals surface area contributed by atoms with Crippen molar-refractivity contribution in [3.05, 3.63) is 48.8 Å². The minimum atomic E-state index is -5.74. The number of rotatable bonds is 2. The highest BCUT2D eigenvalue weighted by molar-refractivity contribution is 7.83. The molecule has 0 radical (unpaired) electrons. The lowest BCUT2D eigenvalue weighted by Gasteiger charge is -1.96. The van der Waals surface area contributed by atoms with Crippen LogP contribution >= 0.6 is 0 Å². The van der Waals surface area contributed by atoms with Crippen LogP contribution in [0.25, 0.3) is 11.4 Å².